The second-order valence-corrected chi connectivity index (χ2v) is 4.65. The minimum Gasteiger partial charge on any atom is -0.487 e. The van der Waals surface area contributed by atoms with Gasteiger partial charge in [-0.25, -0.2) is 0 Å². The van der Waals surface area contributed by atoms with Gasteiger partial charge in [-0.05, 0) is 31.4 Å². The molecule has 0 spiro atoms. The minimum atomic E-state index is 0.0163. The third kappa shape index (κ3) is 1.91. The fourth-order valence-electron chi connectivity index (χ4n) is 2.55. The van der Waals surface area contributed by atoms with E-state index >= 15 is 0 Å². The van der Waals surface area contributed by atoms with Crippen LogP contribution in [0.3, 0.4) is 0 Å². The van der Waals surface area contributed by atoms with E-state index in [1.807, 2.05) is 30.3 Å². The Balaban J connectivity index is 1.93. The van der Waals surface area contributed by atoms with E-state index in [9.17, 15) is 0 Å². The Kier molecular flexibility index (Phi) is 2.85. The molecule has 0 aliphatic heterocycles. The molecule has 1 fully saturated rings. The molecular weight excluding hydrogens is 224 g/mol. The first-order chi connectivity index (χ1) is 8.88. The normalized spacial score (nSPS) is 22.8. The Morgan fingerprint density at radius 3 is 3.00 bits per heavy atom. The predicted octanol–water partition coefficient (Wildman–Crippen LogP) is 3.31. The zero-order chi connectivity index (χ0) is 12.4. The maximum Gasteiger partial charge on any atom is 0.146 e. The van der Waals surface area contributed by atoms with Crippen molar-refractivity contribution in [2.75, 3.05) is 0 Å². The van der Waals surface area contributed by atoms with Gasteiger partial charge in [0.2, 0.25) is 0 Å². The second-order valence-electron chi connectivity index (χ2n) is 4.65. The van der Waals surface area contributed by atoms with Crippen LogP contribution in [0.5, 0.6) is 5.75 Å². The van der Waals surface area contributed by atoms with Gasteiger partial charge in [-0.3, -0.25) is 4.98 Å². The smallest absolute Gasteiger partial charge is 0.146 e. The molecule has 0 amide bonds. The lowest BCUT2D eigenvalue weighted by Crippen LogP contribution is -2.20. The van der Waals surface area contributed by atoms with Gasteiger partial charge in [0.1, 0.15) is 17.4 Å². The molecule has 1 aliphatic carbocycles. The molecule has 2 aromatic rings. The molecule has 18 heavy (non-hydrogen) atoms. The molecule has 1 aromatic heterocycles. The molecule has 0 bridgehead atoms. The third-order valence-corrected chi connectivity index (χ3v) is 3.49. The van der Waals surface area contributed by atoms with Crippen LogP contribution in [0.2, 0.25) is 0 Å². The Morgan fingerprint density at radius 2 is 2.11 bits per heavy atom. The van der Waals surface area contributed by atoms with Gasteiger partial charge in [0, 0.05) is 11.6 Å². The molecule has 3 nitrogen and oxygen atoms in total. The average molecular weight is 238 g/mol. The molecule has 2 unspecified atom stereocenters. The van der Waals surface area contributed by atoms with Crippen LogP contribution >= 0.6 is 0 Å². The van der Waals surface area contributed by atoms with Crippen LogP contribution in [0.4, 0.5) is 0 Å². The number of benzene rings is 1. The van der Waals surface area contributed by atoms with Gasteiger partial charge in [0.25, 0.3) is 0 Å². The van der Waals surface area contributed by atoms with Gasteiger partial charge in [-0.1, -0.05) is 18.2 Å². The van der Waals surface area contributed by atoms with Gasteiger partial charge in [0.05, 0.1) is 12.0 Å². The lowest BCUT2D eigenvalue weighted by atomic mass is 10.1. The molecule has 1 aliphatic rings. The first-order valence-corrected chi connectivity index (χ1v) is 6.28. The van der Waals surface area contributed by atoms with E-state index in [0.29, 0.717) is 0 Å². The lowest BCUT2D eigenvalue weighted by molar-refractivity contribution is 0.185. The van der Waals surface area contributed by atoms with Crippen molar-refractivity contribution in [1.29, 1.82) is 5.26 Å². The van der Waals surface area contributed by atoms with E-state index in [2.05, 4.69) is 11.1 Å². The van der Waals surface area contributed by atoms with Crippen molar-refractivity contribution < 1.29 is 4.74 Å². The molecule has 3 rings (SSSR count). The fraction of sp³-hybridized carbons (Fsp3) is 0.333. The Labute approximate surface area is 106 Å². The van der Waals surface area contributed by atoms with Crippen molar-refractivity contribution in [2.45, 2.75) is 25.4 Å². The van der Waals surface area contributed by atoms with Crippen molar-refractivity contribution in [3.63, 3.8) is 0 Å². The Bertz CT molecular complexity index is 597. The summed E-state index contributed by atoms with van der Waals surface area (Å²) in [4.78, 5) is 4.37. The maximum absolute atomic E-state index is 9.08. The zero-order valence-corrected chi connectivity index (χ0v) is 10.0. The number of hydrogen-bond acceptors (Lipinski definition) is 3. The highest BCUT2D eigenvalue weighted by atomic mass is 16.5. The first-order valence-electron chi connectivity index (χ1n) is 6.28. The topological polar surface area (TPSA) is 45.9 Å². The van der Waals surface area contributed by atoms with Crippen LogP contribution in [-0.2, 0) is 0 Å². The molecule has 1 aromatic carbocycles. The van der Waals surface area contributed by atoms with E-state index in [0.717, 1.165) is 35.9 Å². The van der Waals surface area contributed by atoms with E-state index in [1.54, 1.807) is 6.20 Å². The molecular formula is C15H14N2O. The number of pyridine rings is 1. The predicted molar refractivity (Wildman–Crippen MR) is 69.1 cm³/mol. The summed E-state index contributed by atoms with van der Waals surface area (Å²) in [5.41, 5.74) is 0.878. The number of ether oxygens (including phenoxy) is 1. The molecule has 3 heteroatoms. The summed E-state index contributed by atoms with van der Waals surface area (Å²) in [6.45, 7) is 0. The number of rotatable bonds is 2. The number of nitriles is 1. The molecule has 1 heterocycles. The minimum absolute atomic E-state index is 0.0163. The first kappa shape index (κ1) is 11.0. The summed E-state index contributed by atoms with van der Waals surface area (Å²) in [7, 11) is 0. The van der Waals surface area contributed by atoms with Gasteiger partial charge < -0.3 is 4.74 Å². The van der Waals surface area contributed by atoms with Crippen LogP contribution in [-0.4, -0.2) is 11.1 Å². The summed E-state index contributed by atoms with van der Waals surface area (Å²) in [6, 6.07) is 12.2. The van der Waals surface area contributed by atoms with Crippen molar-refractivity contribution in [2.24, 2.45) is 5.92 Å². The van der Waals surface area contributed by atoms with Gasteiger partial charge in [-0.15, -0.1) is 0 Å². The SMILES string of the molecule is N#CC1CCCC1Oc1cccc2cccnc12. The van der Waals surface area contributed by atoms with Crippen molar-refractivity contribution >= 4 is 10.9 Å². The number of fused-ring (bicyclic) bond motifs is 1. The lowest BCUT2D eigenvalue weighted by Gasteiger charge is -2.17. The second kappa shape index (κ2) is 4.66. The van der Waals surface area contributed by atoms with Crippen LogP contribution < -0.4 is 4.74 Å². The number of para-hydroxylation sites is 1. The Hall–Kier alpha value is -2.08. The summed E-state index contributed by atoms with van der Waals surface area (Å²) < 4.78 is 6.01. The summed E-state index contributed by atoms with van der Waals surface area (Å²) >= 11 is 0. The number of aromatic nitrogens is 1. The van der Waals surface area contributed by atoms with Crippen molar-refractivity contribution in [3.8, 4) is 11.8 Å². The van der Waals surface area contributed by atoms with Crippen LogP contribution in [0.15, 0.2) is 36.5 Å². The summed E-state index contributed by atoms with van der Waals surface area (Å²) in [5.74, 6) is 0.809. The summed E-state index contributed by atoms with van der Waals surface area (Å²) in [5, 5.41) is 10.2. The van der Waals surface area contributed by atoms with Gasteiger partial charge in [0.15, 0.2) is 0 Å². The van der Waals surface area contributed by atoms with Crippen molar-refractivity contribution in [1.82, 2.24) is 4.98 Å². The van der Waals surface area contributed by atoms with E-state index in [1.165, 1.54) is 0 Å². The van der Waals surface area contributed by atoms with Crippen LogP contribution in [0, 0.1) is 17.2 Å². The highest BCUT2D eigenvalue weighted by Crippen LogP contribution is 2.31. The van der Waals surface area contributed by atoms with E-state index in [-0.39, 0.29) is 12.0 Å². The van der Waals surface area contributed by atoms with Crippen LogP contribution in [0.1, 0.15) is 19.3 Å². The summed E-state index contributed by atoms with van der Waals surface area (Å²) in [6.07, 6.45) is 4.76. The number of nitrogens with zero attached hydrogens (tertiary/aromatic N) is 2. The fourth-order valence-corrected chi connectivity index (χ4v) is 2.55. The Morgan fingerprint density at radius 1 is 1.22 bits per heavy atom. The highest BCUT2D eigenvalue weighted by molar-refractivity contribution is 5.84. The van der Waals surface area contributed by atoms with E-state index < -0.39 is 0 Å². The molecule has 90 valence electrons. The largest absolute Gasteiger partial charge is 0.487 e. The van der Waals surface area contributed by atoms with Crippen LogP contribution in [0.25, 0.3) is 10.9 Å². The highest BCUT2D eigenvalue weighted by Gasteiger charge is 2.29. The molecule has 0 N–H and O–H groups in total. The third-order valence-electron chi connectivity index (χ3n) is 3.49. The standard InChI is InChI=1S/C15H14N2O/c16-10-12-5-2-7-13(12)18-14-8-1-4-11-6-3-9-17-15(11)14/h1,3-4,6,8-9,12-13H,2,5,7H2. The monoisotopic (exact) mass is 238 g/mol. The van der Waals surface area contributed by atoms with Crippen molar-refractivity contribution in [3.05, 3.63) is 36.5 Å². The quantitative estimate of drug-likeness (QED) is 0.806. The average Bonchev–Trinajstić information content (AvgIpc) is 2.86. The van der Waals surface area contributed by atoms with E-state index in [4.69, 9.17) is 10.00 Å². The molecule has 2 atom stereocenters. The molecule has 0 saturated heterocycles. The maximum atomic E-state index is 9.08. The van der Waals surface area contributed by atoms with Gasteiger partial charge in [-0.2, -0.15) is 5.26 Å². The van der Waals surface area contributed by atoms with Gasteiger partial charge >= 0.3 is 0 Å². The molecule has 0 radical (unpaired) electrons. The number of hydrogen-bond donors (Lipinski definition) is 0. The zero-order valence-electron chi connectivity index (χ0n) is 10.0. The molecule has 1 saturated carbocycles.